The lowest BCUT2D eigenvalue weighted by Gasteiger charge is -2.22. The highest BCUT2D eigenvalue weighted by atomic mass is 16.6. The van der Waals surface area contributed by atoms with E-state index in [0.29, 0.717) is 12.6 Å². The van der Waals surface area contributed by atoms with Crippen LogP contribution in [0.5, 0.6) is 0 Å². The zero-order valence-electron chi connectivity index (χ0n) is 14.4. The molecular weight excluding hydrogens is 284 g/mol. The smallest absolute Gasteiger partial charge is 0.407 e. The van der Waals surface area contributed by atoms with Crippen molar-refractivity contribution in [2.45, 2.75) is 57.7 Å². The van der Waals surface area contributed by atoms with Crippen LogP contribution in [0, 0.1) is 0 Å². The van der Waals surface area contributed by atoms with Crippen LogP contribution < -0.4 is 16.0 Å². The third-order valence-corrected chi connectivity index (χ3v) is 3.39. The van der Waals surface area contributed by atoms with E-state index in [1.54, 1.807) is 14.1 Å². The van der Waals surface area contributed by atoms with E-state index in [9.17, 15) is 9.59 Å². The zero-order chi connectivity index (χ0) is 16.8. The molecule has 1 fully saturated rings. The van der Waals surface area contributed by atoms with Crippen LogP contribution in [-0.2, 0) is 4.74 Å². The van der Waals surface area contributed by atoms with Crippen molar-refractivity contribution < 1.29 is 14.3 Å². The number of ether oxygens (including phenoxy) is 1. The van der Waals surface area contributed by atoms with Gasteiger partial charge in [-0.2, -0.15) is 0 Å². The van der Waals surface area contributed by atoms with E-state index in [-0.39, 0.29) is 18.2 Å². The van der Waals surface area contributed by atoms with Crippen LogP contribution in [0.3, 0.4) is 0 Å². The number of amides is 3. The van der Waals surface area contributed by atoms with Gasteiger partial charge in [-0.15, -0.1) is 0 Å². The molecule has 1 rings (SSSR count). The molecule has 22 heavy (non-hydrogen) atoms. The Hall–Kier alpha value is -1.50. The number of carbonyl (C=O) groups is 2. The molecule has 0 aromatic heterocycles. The lowest BCUT2D eigenvalue weighted by Crippen LogP contribution is -2.41. The topological polar surface area (TPSA) is 82.7 Å². The van der Waals surface area contributed by atoms with Crippen LogP contribution in [0.1, 0.15) is 40.0 Å². The van der Waals surface area contributed by atoms with Crippen molar-refractivity contribution >= 4 is 12.1 Å². The minimum absolute atomic E-state index is 0.0855. The maximum atomic E-state index is 11.7. The molecular formula is C15H30N4O3. The molecule has 7 heteroatoms. The zero-order valence-corrected chi connectivity index (χ0v) is 14.4. The van der Waals surface area contributed by atoms with Gasteiger partial charge in [0.1, 0.15) is 5.60 Å². The van der Waals surface area contributed by atoms with E-state index in [4.69, 9.17) is 4.74 Å². The molecule has 0 aromatic carbocycles. The van der Waals surface area contributed by atoms with Crippen molar-refractivity contribution in [3.05, 3.63) is 0 Å². The first-order chi connectivity index (χ1) is 10.2. The number of nitrogens with zero attached hydrogens (tertiary/aromatic N) is 1. The van der Waals surface area contributed by atoms with Gasteiger partial charge in [0, 0.05) is 39.3 Å². The van der Waals surface area contributed by atoms with Gasteiger partial charge >= 0.3 is 12.1 Å². The lowest BCUT2D eigenvalue weighted by atomic mass is 10.2. The Morgan fingerprint density at radius 3 is 2.36 bits per heavy atom. The highest BCUT2D eigenvalue weighted by Crippen LogP contribution is 2.19. The molecule has 128 valence electrons. The first-order valence-corrected chi connectivity index (χ1v) is 7.85. The van der Waals surface area contributed by atoms with Crippen LogP contribution in [0.4, 0.5) is 9.59 Å². The molecule has 7 nitrogen and oxygen atoms in total. The molecule has 1 aliphatic rings. The Morgan fingerprint density at radius 1 is 1.14 bits per heavy atom. The maximum absolute atomic E-state index is 11.7. The number of alkyl carbamates (subject to hydrolysis) is 1. The van der Waals surface area contributed by atoms with Crippen LogP contribution >= 0.6 is 0 Å². The molecule has 0 radical (unpaired) electrons. The van der Waals surface area contributed by atoms with Gasteiger partial charge in [-0.1, -0.05) is 0 Å². The van der Waals surface area contributed by atoms with E-state index in [2.05, 4.69) is 16.0 Å². The average Bonchev–Trinajstić information content (AvgIpc) is 2.79. The summed E-state index contributed by atoms with van der Waals surface area (Å²) in [5, 5.41) is 9.12. The number of urea groups is 1. The number of hydrogen-bond acceptors (Lipinski definition) is 4. The molecule has 3 N–H and O–H groups in total. The number of carbonyl (C=O) groups excluding carboxylic acids is 2. The van der Waals surface area contributed by atoms with E-state index in [1.165, 1.54) is 4.90 Å². The summed E-state index contributed by atoms with van der Waals surface area (Å²) in [6, 6.07) is 0.442. The summed E-state index contributed by atoms with van der Waals surface area (Å²) < 4.78 is 5.26. The van der Waals surface area contributed by atoms with Crippen molar-refractivity contribution in [3.63, 3.8) is 0 Å². The number of nitrogens with one attached hydrogen (secondary N) is 3. The van der Waals surface area contributed by atoms with Crippen LogP contribution in [0.15, 0.2) is 0 Å². The normalized spacial score (nSPS) is 21.3. The van der Waals surface area contributed by atoms with Crippen LogP contribution in [-0.4, -0.2) is 61.9 Å². The van der Waals surface area contributed by atoms with Crippen molar-refractivity contribution in [2.75, 3.05) is 27.2 Å². The average molecular weight is 314 g/mol. The van der Waals surface area contributed by atoms with Gasteiger partial charge in [0.25, 0.3) is 0 Å². The Morgan fingerprint density at radius 2 is 1.77 bits per heavy atom. The summed E-state index contributed by atoms with van der Waals surface area (Å²) in [6.45, 7) is 6.88. The Kier molecular flexibility index (Phi) is 6.93. The fourth-order valence-corrected chi connectivity index (χ4v) is 2.38. The largest absolute Gasteiger partial charge is 0.444 e. The molecule has 0 aliphatic heterocycles. The molecule has 0 aromatic rings. The highest BCUT2D eigenvalue weighted by molar-refractivity contribution is 5.73. The first kappa shape index (κ1) is 18.5. The van der Waals surface area contributed by atoms with Crippen LogP contribution in [0.2, 0.25) is 0 Å². The molecule has 2 atom stereocenters. The summed E-state index contributed by atoms with van der Waals surface area (Å²) >= 11 is 0. The summed E-state index contributed by atoms with van der Waals surface area (Å²) in [5.74, 6) is 0. The molecule has 0 heterocycles. The Labute approximate surface area is 133 Å². The van der Waals surface area contributed by atoms with E-state index >= 15 is 0 Å². The van der Waals surface area contributed by atoms with Crippen LogP contribution in [0.25, 0.3) is 0 Å². The lowest BCUT2D eigenvalue weighted by molar-refractivity contribution is 0.0505. The molecule has 0 spiro atoms. The fraction of sp³-hybridized carbons (Fsp3) is 0.867. The second-order valence-electron chi connectivity index (χ2n) is 6.93. The third kappa shape index (κ3) is 7.49. The predicted octanol–water partition coefficient (Wildman–Crippen LogP) is 1.29. The quantitative estimate of drug-likeness (QED) is 0.668. The third-order valence-electron chi connectivity index (χ3n) is 3.39. The summed E-state index contributed by atoms with van der Waals surface area (Å²) in [5.41, 5.74) is -0.467. The van der Waals surface area contributed by atoms with Crippen molar-refractivity contribution in [2.24, 2.45) is 0 Å². The van der Waals surface area contributed by atoms with Crippen molar-refractivity contribution in [1.29, 1.82) is 0 Å². The van der Waals surface area contributed by atoms with Gasteiger partial charge in [0.2, 0.25) is 0 Å². The van der Waals surface area contributed by atoms with Crippen molar-refractivity contribution in [1.82, 2.24) is 20.9 Å². The fourth-order valence-electron chi connectivity index (χ4n) is 2.38. The summed E-state index contributed by atoms with van der Waals surface area (Å²) in [7, 11) is 3.43. The molecule has 1 saturated carbocycles. The van der Waals surface area contributed by atoms with E-state index < -0.39 is 5.60 Å². The van der Waals surface area contributed by atoms with Crippen molar-refractivity contribution in [3.8, 4) is 0 Å². The first-order valence-electron chi connectivity index (χ1n) is 7.85. The maximum Gasteiger partial charge on any atom is 0.407 e. The minimum atomic E-state index is -0.467. The summed E-state index contributed by atoms with van der Waals surface area (Å²) in [4.78, 5) is 24.6. The summed E-state index contributed by atoms with van der Waals surface area (Å²) in [6.07, 6.45) is 2.50. The SMILES string of the molecule is CN(C)C(=O)NCCNC1CCC(NC(=O)OC(C)(C)C)C1. The van der Waals surface area contributed by atoms with Gasteiger partial charge < -0.3 is 25.6 Å². The predicted molar refractivity (Wildman–Crippen MR) is 85.9 cm³/mol. The second-order valence-corrected chi connectivity index (χ2v) is 6.93. The standard InChI is InChI=1S/C15H30N4O3/c1-15(2,3)22-14(21)18-12-7-6-11(10-12)16-8-9-17-13(20)19(4)5/h11-12,16H,6-10H2,1-5H3,(H,17,20)(H,18,21). The second kappa shape index (κ2) is 8.22. The molecule has 1 aliphatic carbocycles. The van der Waals surface area contributed by atoms with Gasteiger partial charge in [0.15, 0.2) is 0 Å². The van der Waals surface area contributed by atoms with Gasteiger partial charge in [0.05, 0.1) is 0 Å². The Bertz CT molecular complexity index is 379. The molecule has 3 amide bonds. The molecule has 0 bridgehead atoms. The molecule has 2 unspecified atom stereocenters. The Balaban J connectivity index is 2.15. The number of rotatable bonds is 5. The van der Waals surface area contributed by atoms with Gasteiger partial charge in [-0.05, 0) is 40.0 Å². The molecule has 0 saturated heterocycles. The van der Waals surface area contributed by atoms with E-state index in [1.807, 2.05) is 20.8 Å². The van der Waals surface area contributed by atoms with E-state index in [0.717, 1.165) is 25.8 Å². The minimum Gasteiger partial charge on any atom is -0.444 e. The van der Waals surface area contributed by atoms with Gasteiger partial charge in [-0.3, -0.25) is 0 Å². The monoisotopic (exact) mass is 314 g/mol. The number of hydrogen-bond donors (Lipinski definition) is 3. The van der Waals surface area contributed by atoms with Gasteiger partial charge in [-0.25, -0.2) is 9.59 Å². The highest BCUT2D eigenvalue weighted by Gasteiger charge is 2.27.